The first kappa shape index (κ1) is 12.1. The number of nitrogens with one attached hydrogen (secondary N) is 1. The Bertz CT molecular complexity index is 289. The van der Waals surface area contributed by atoms with Gasteiger partial charge in [0, 0.05) is 19.6 Å². The maximum absolute atomic E-state index is 12.8. The van der Waals surface area contributed by atoms with Crippen molar-refractivity contribution in [2.24, 2.45) is 0 Å². The standard InChI is InChI=1S/C12H19FN2/c1-3-15(2)8-7-14-10-11-5-4-6-12(13)9-11/h4-6,9,14H,3,7-8,10H2,1-2H3. The molecule has 1 rings (SSSR count). The number of hydrogen-bond donors (Lipinski definition) is 1. The lowest BCUT2D eigenvalue weighted by Gasteiger charge is -2.13. The van der Waals surface area contributed by atoms with Crippen LogP contribution in [0, 0.1) is 5.82 Å². The summed E-state index contributed by atoms with van der Waals surface area (Å²) < 4.78 is 12.8. The second kappa shape index (κ2) is 6.53. The van der Waals surface area contributed by atoms with Crippen molar-refractivity contribution in [3.63, 3.8) is 0 Å². The molecule has 1 aromatic carbocycles. The number of hydrogen-bond acceptors (Lipinski definition) is 2. The van der Waals surface area contributed by atoms with Crippen LogP contribution in [-0.4, -0.2) is 31.6 Å². The summed E-state index contributed by atoms with van der Waals surface area (Å²) in [4.78, 5) is 2.23. The normalized spacial score (nSPS) is 10.9. The smallest absolute Gasteiger partial charge is 0.123 e. The van der Waals surface area contributed by atoms with E-state index in [0.29, 0.717) is 0 Å². The second-order valence-electron chi connectivity index (χ2n) is 3.70. The molecule has 0 aromatic heterocycles. The van der Waals surface area contributed by atoms with E-state index in [1.165, 1.54) is 6.07 Å². The molecule has 1 aromatic rings. The summed E-state index contributed by atoms with van der Waals surface area (Å²) in [6.45, 7) is 5.87. The van der Waals surface area contributed by atoms with E-state index in [0.717, 1.165) is 31.7 Å². The third-order valence-corrected chi connectivity index (χ3v) is 2.43. The van der Waals surface area contributed by atoms with Gasteiger partial charge >= 0.3 is 0 Å². The third-order valence-electron chi connectivity index (χ3n) is 2.43. The van der Waals surface area contributed by atoms with Gasteiger partial charge in [-0.1, -0.05) is 19.1 Å². The van der Waals surface area contributed by atoms with Crippen molar-refractivity contribution in [1.82, 2.24) is 10.2 Å². The van der Waals surface area contributed by atoms with Gasteiger partial charge in [0.15, 0.2) is 0 Å². The van der Waals surface area contributed by atoms with E-state index >= 15 is 0 Å². The highest BCUT2D eigenvalue weighted by atomic mass is 19.1. The van der Waals surface area contributed by atoms with Crippen LogP contribution in [-0.2, 0) is 6.54 Å². The Hall–Kier alpha value is -0.930. The maximum Gasteiger partial charge on any atom is 0.123 e. The molecule has 0 heterocycles. The van der Waals surface area contributed by atoms with Gasteiger partial charge < -0.3 is 10.2 Å². The molecule has 0 unspecified atom stereocenters. The van der Waals surface area contributed by atoms with E-state index in [1.807, 2.05) is 6.07 Å². The van der Waals surface area contributed by atoms with E-state index in [1.54, 1.807) is 12.1 Å². The summed E-state index contributed by atoms with van der Waals surface area (Å²) in [5.74, 6) is -0.167. The molecule has 3 heteroatoms. The molecule has 0 amide bonds. The highest BCUT2D eigenvalue weighted by molar-refractivity contribution is 5.15. The fourth-order valence-corrected chi connectivity index (χ4v) is 1.31. The second-order valence-corrected chi connectivity index (χ2v) is 3.70. The van der Waals surface area contributed by atoms with Gasteiger partial charge in [-0.15, -0.1) is 0 Å². The number of halogens is 1. The van der Waals surface area contributed by atoms with Crippen LogP contribution < -0.4 is 5.32 Å². The Morgan fingerprint density at radius 3 is 2.87 bits per heavy atom. The zero-order valence-corrected chi connectivity index (χ0v) is 9.46. The van der Waals surface area contributed by atoms with Crippen LogP contribution in [0.15, 0.2) is 24.3 Å². The van der Waals surface area contributed by atoms with Crippen molar-refractivity contribution in [1.29, 1.82) is 0 Å². The summed E-state index contributed by atoms with van der Waals surface area (Å²) in [6, 6.07) is 6.70. The van der Waals surface area contributed by atoms with E-state index in [-0.39, 0.29) is 5.82 Å². The summed E-state index contributed by atoms with van der Waals surface area (Å²) in [6.07, 6.45) is 0. The quantitative estimate of drug-likeness (QED) is 0.721. The summed E-state index contributed by atoms with van der Waals surface area (Å²) in [7, 11) is 2.09. The van der Waals surface area contributed by atoms with Gasteiger partial charge in [-0.25, -0.2) is 4.39 Å². The maximum atomic E-state index is 12.8. The van der Waals surface area contributed by atoms with Gasteiger partial charge in [-0.2, -0.15) is 0 Å². The van der Waals surface area contributed by atoms with Crippen molar-refractivity contribution in [3.05, 3.63) is 35.6 Å². The zero-order chi connectivity index (χ0) is 11.1. The van der Waals surface area contributed by atoms with Crippen molar-refractivity contribution >= 4 is 0 Å². The van der Waals surface area contributed by atoms with Gasteiger partial charge in [0.25, 0.3) is 0 Å². The average molecular weight is 210 g/mol. The number of likely N-dealkylation sites (N-methyl/N-ethyl adjacent to an activating group) is 1. The van der Waals surface area contributed by atoms with Crippen molar-refractivity contribution in [2.45, 2.75) is 13.5 Å². The Balaban J connectivity index is 2.20. The molecule has 0 bridgehead atoms. The molecule has 0 atom stereocenters. The fourth-order valence-electron chi connectivity index (χ4n) is 1.31. The van der Waals surface area contributed by atoms with Crippen LogP contribution in [0.3, 0.4) is 0 Å². The topological polar surface area (TPSA) is 15.3 Å². The summed E-state index contributed by atoms with van der Waals surface area (Å²) in [5, 5.41) is 3.29. The molecule has 0 radical (unpaired) electrons. The van der Waals surface area contributed by atoms with E-state index in [4.69, 9.17) is 0 Å². The van der Waals surface area contributed by atoms with E-state index in [2.05, 4.69) is 24.2 Å². The average Bonchev–Trinajstić information content (AvgIpc) is 2.24. The first-order chi connectivity index (χ1) is 7.22. The lowest BCUT2D eigenvalue weighted by atomic mass is 10.2. The van der Waals surface area contributed by atoms with Gasteiger partial charge in [-0.3, -0.25) is 0 Å². The van der Waals surface area contributed by atoms with E-state index < -0.39 is 0 Å². The van der Waals surface area contributed by atoms with Crippen LogP contribution >= 0.6 is 0 Å². The van der Waals surface area contributed by atoms with Crippen LogP contribution in [0.1, 0.15) is 12.5 Å². The monoisotopic (exact) mass is 210 g/mol. The van der Waals surface area contributed by atoms with Crippen molar-refractivity contribution in [2.75, 3.05) is 26.7 Å². The van der Waals surface area contributed by atoms with Gasteiger partial charge in [0.2, 0.25) is 0 Å². The minimum atomic E-state index is -0.167. The Kier molecular flexibility index (Phi) is 5.29. The van der Waals surface area contributed by atoms with Crippen molar-refractivity contribution in [3.8, 4) is 0 Å². The number of rotatable bonds is 6. The Labute approximate surface area is 91.1 Å². The van der Waals surface area contributed by atoms with Crippen LogP contribution in [0.4, 0.5) is 4.39 Å². The molecule has 1 N–H and O–H groups in total. The molecule has 0 aliphatic heterocycles. The lowest BCUT2D eigenvalue weighted by Crippen LogP contribution is -2.28. The predicted octanol–water partition coefficient (Wildman–Crippen LogP) is 1.87. The molecule has 2 nitrogen and oxygen atoms in total. The lowest BCUT2D eigenvalue weighted by molar-refractivity contribution is 0.349. The molecular formula is C12H19FN2. The van der Waals surface area contributed by atoms with Crippen LogP contribution in [0.2, 0.25) is 0 Å². The molecule has 0 aliphatic carbocycles. The number of nitrogens with zero attached hydrogens (tertiary/aromatic N) is 1. The molecule has 0 fully saturated rings. The number of benzene rings is 1. The highest BCUT2D eigenvalue weighted by Gasteiger charge is 1.96. The largest absolute Gasteiger partial charge is 0.311 e. The minimum absolute atomic E-state index is 0.167. The molecule has 15 heavy (non-hydrogen) atoms. The highest BCUT2D eigenvalue weighted by Crippen LogP contribution is 2.02. The minimum Gasteiger partial charge on any atom is -0.311 e. The van der Waals surface area contributed by atoms with E-state index in [9.17, 15) is 4.39 Å². The Morgan fingerprint density at radius 2 is 2.20 bits per heavy atom. The summed E-state index contributed by atoms with van der Waals surface area (Å²) in [5.41, 5.74) is 0.995. The molecular weight excluding hydrogens is 191 g/mol. The van der Waals surface area contributed by atoms with Gasteiger partial charge in [0.05, 0.1) is 0 Å². The first-order valence-electron chi connectivity index (χ1n) is 5.36. The third kappa shape index (κ3) is 4.91. The molecule has 0 saturated carbocycles. The molecule has 0 aliphatic rings. The SMILES string of the molecule is CCN(C)CCNCc1cccc(F)c1. The zero-order valence-electron chi connectivity index (χ0n) is 9.46. The molecule has 0 saturated heterocycles. The fraction of sp³-hybridized carbons (Fsp3) is 0.500. The van der Waals surface area contributed by atoms with Crippen molar-refractivity contribution < 1.29 is 4.39 Å². The molecule has 84 valence electrons. The van der Waals surface area contributed by atoms with Gasteiger partial charge in [-0.05, 0) is 31.3 Å². The van der Waals surface area contributed by atoms with Crippen LogP contribution in [0.25, 0.3) is 0 Å². The van der Waals surface area contributed by atoms with Crippen LogP contribution in [0.5, 0.6) is 0 Å². The molecule has 0 spiro atoms. The summed E-state index contributed by atoms with van der Waals surface area (Å²) >= 11 is 0. The predicted molar refractivity (Wildman–Crippen MR) is 61.3 cm³/mol. The van der Waals surface area contributed by atoms with Gasteiger partial charge in [0.1, 0.15) is 5.82 Å². The Morgan fingerprint density at radius 1 is 1.40 bits per heavy atom. The first-order valence-corrected chi connectivity index (χ1v) is 5.36.